The van der Waals surface area contributed by atoms with Crippen LogP contribution in [0.5, 0.6) is 5.75 Å². The van der Waals surface area contributed by atoms with Gasteiger partial charge in [0.05, 0.1) is 17.5 Å². The van der Waals surface area contributed by atoms with Crippen LogP contribution in [-0.4, -0.2) is 53.9 Å². The second-order valence-electron chi connectivity index (χ2n) is 6.46. The summed E-state index contributed by atoms with van der Waals surface area (Å²) in [6, 6.07) is 7.34. The van der Waals surface area contributed by atoms with Gasteiger partial charge in [-0.15, -0.1) is 0 Å². The third-order valence-corrected chi connectivity index (χ3v) is 4.74. The quantitative estimate of drug-likeness (QED) is 0.831. The van der Waals surface area contributed by atoms with Crippen LogP contribution in [-0.2, 0) is 0 Å². The highest BCUT2D eigenvalue weighted by Gasteiger charge is 2.33. The Balaban J connectivity index is 1.77. The Morgan fingerprint density at radius 3 is 2.79 bits per heavy atom. The largest absolute Gasteiger partial charge is 0.507 e. The summed E-state index contributed by atoms with van der Waals surface area (Å²) in [5.41, 5.74) is 1.92. The summed E-state index contributed by atoms with van der Waals surface area (Å²) in [7, 11) is 0. The van der Waals surface area contributed by atoms with Crippen molar-refractivity contribution in [3.05, 3.63) is 53.6 Å². The molecule has 3 aliphatic rings. The average Bonchev–Trinajstić information content (AvgIpc) is 2.61. The zero-order valence-corrected chi connectivity index (χ0v) is 13.8. The summed E-state index contributed by atoms with van der Waals surface area (Å²) in [6.07, 6.45) is 6.56. The Morgan fingerprint density at radius 1 is 1.21 bits per heavy atom. The lowest BCUT2D eigenvalue weighted by molar-refractivity contribution is 0.342. The van der Waals surface area contributed by atoms with Crippen molar-refractivity contribution in [3.63, 3.8) is 0 Å². The number of hydrogen-bond donors (Lipinski definition) is 2. The Morgan fingerprint density at radius 2 is 2.00 bits per heavy atom. The number of aromatic hydroxyl groups is 1. The first-order valence-electron chi connectivity index (χ1n) is 8.49. The first-order chi connectivity index (χ1) is 11.7. The van der Waals surface area contributed by atoms with Gasteiger partial charge in [0.1, 0.15) is 11.6 Å². The molecule has 1 fully saturated rings. The molecule has 0 amide bonds. The SMILES string of the molecule is CC1=CC2N=C(c3ccccc3O)N=C(N3CCNCC3)C2C=C1. The zero-order valence-electron chi connectivity index (χ0n) is 13.8. The van der Waals surface area contributed by atoms with Crippen molar-refractivity contribution in [1.82, 2.24) is 10.2 Å². The van der Waals surface area contributed by atoms with Gasteiger partial charge in [0.15, 0.2) is 5.84 Å². The highest BCUT2D eigenvalue weighted by atomic mass is 16.3. The van der Waals surface area contributed by atoms with Crippen molar-refractivity contribution in [2.24, 2.45) is 15.9 Å². The number of nitrogens with zero attached hydrogens (tertiary/aromatic N) is 3. The fraction of sp³-hybridized carbons (Fsp3) is 0.368. The number of fused-ring (bicyclic) bond motifs is 1. The van der Waals surface area contributed by atoms with Gasteiger partial charge in [-0.05, 0) is 19.1 Å². The van der Waals surface area contributed by atoms with E-state index >= 15 is 0 Å². The van der Waals surface area contributed by atoms with Crippen molar-refractivity contribution < 1.29 is 5.11 Å². The van der Waals surface area contributed by atoms with E-state index in [1.165, 1.54) is 5.57 Å². The molecule has 1 saturated heterocycles. The molecule has 24 heavy (non-hydrogen) atoms. The van der Waals surface area contributed by atoms with Crippen LogP contribution in [0, 0.1) is 5.92 Å². The molecule has 1 aromatic rings. The maximum Gasteiger partial charge on any atom is 0.161 e. The van der Waals surface area contributed by atoms with E-state index in [-0.39, 0.29) is 17.7 Å². The molecule has 0 saturated carbocycles. The van der Waals surface area contributed by atoms with Gasteiger partial charge in [0.25, 0.3) is 0 Å². The molecule has 2 unspecified atom stereocenters. The van der Waals surface area contributed by atoms with Gasteiger partial charge in [0, 0.05) is 26.2 Å². The molecule has 0 bridgehead atoms. The Hall–Kier alpha value is -2.40. The van der Waals surface area contributed by atoms with Crippen LogP contribution in [0.25, 0.3) is 0 Å². The summed E-state index contributed by atoms with van der Waals surface area (Å²) in [5, 5.41) is 13.6. The molecule has 2 atom stereocenters. The van der Waals surface area contributed by atoms with E-state index in [4.69, 9.17) is 9.98 Å². The van der Waals surface area contributed by atoms with Gasteiger partial charge < -0.3 is 15.3 Å². The number of nitrogens with one attached hydrogen (secondary N) is 1. The second-order valence-corrected chi connectivity index (χ2v) is 6.46. The van der Waals surface area contributed by atoms with Crippen LogP contribution >= 0.6 is 0 Å². The van der Waals surface area contributed by atoms with Gasteiger partial charge in [-0.2, -0.15) is 0 Å². The van der Waals surface area contributed by atoms with Crippen molar-refractivity contribution in [2.75, 3.05) is 26.2 Å². The van der Waals surface area contributed by atoms with E-state index in [0.717, 1.165) is 32.0 Å². The van der Waals surface area contributed by atoms with Gasteiger partial charge in [-0.1, -0.05) is 35.9 Å². The minimum atomic E-state index is 0.0481. The smallest absolute Gasteiger partial charge is 0.161 e. The van der Waals surface area contributed by atoms with Crippen molar-refractivity contribution in [2.45, 2.75) is 13.0 Å². The van der Waals surface area contributed by atoms with Gasteiger partial charge in [0.2, 0.25) is 0 Å². The Bertz CT molecular complexity index is 756. The number of phenols is 1. The van der Waals surface area contributed by atoms with Gasteiger partial charge >= 0.3 is 0 Å². The van der Waals surface area contributed by atoms with Crippen molar-refractivity contribution in [1.29, 1.82) is 0 Å². The highest BCUT2D eigenvalue weighted by Crippen LogP contribution is 2.29. The molecule has 2 aliphatic heterocycles. The molecular weight excluding hydrogens is 300 g/mol. The number of amidine groups is 2. The molecule has 5 nitrogen and oxygen atoms in total. The standard InChI is InChI=1S/C19H22N4O/c1-13-6-7-14-16(12-13)21-18(15-4-2-3-5-17(15)24)22-19(14)23-10-8-20-9-11-23/h2-7,12,14,16,20,24H,8-11H2,1H3. The van der Waals surface area contributed by atoms with Crippen molar-refractivity contribution >= 4 is 11.7 Å². The number of aliphatic imine (C=N–C) groups is 2. The summed E-state index contributed by atoms with van der Waals surface area (Å²) >= 11 is 0. The number of piperazine rings is 1. The molecule has 0 radical (unpaired) electrons. The number of hydrogen-bond acceptors (Lipinski definition) is 5. The highest BCUT2D eigenvalue weighted by molar-refractivity contribution is 6.10. The second kappa shape index (κ2) is 6.24. The van der Waals surface area contributed by atoms with Crippen LogP contribution < -0.4 is 5.32 Å². The van der Waals surface area contributed by atoms with Crippen LogP contribution in [0.15, 0.2) is 58.1 Å². The van der Waals surface area contributed by atoms with Crippen LogP contribution in [0.2, 0.25) is 0 Å². The van der Waals surface area contributed by atoms with E-state index in [9.17, 15) is 5.11 Å². The third kappa shape index (κ3) is 2.76. The molecular formula is C19H22N4O. The molecule has 0 aromatic heterocycles. The van der Waals surface area contributed by atoms with Crippen molar-refractivity contribution in [3.8, 4) is 5.75 Å². The first kappa shape index (κ1) is 15.1. The molecule has 1 aliphatic carbocycles. The minimum Gasteiger partial charge on any atom is -0.507 e. The maximum absolute atomic E-state index is 10.2. The predicted octanol–water partition coefficient (Wildman–Crippen LogP) is 1.96. The lowest BCUT2D eigenvalue weighted by Crippen LogP contribution is -2.51. The van der Waals surface area contributed by atoms with E-state index < -0.39 is 0 Å². The van der Waals surface area contributed by atoms with E-state index in [0.29, 0.717) is 11.4 Å². The number of benzene rings is 1. The summed E-state index contributed by atoms with van der Waals surface area (Å²) in [4.78, 5) is 12.0. The summed E-state index contributed by atoms with van der Waals surface area (Å²) in [6.45, 7) is 5.94. The molecule has 4 rings (SSSR count). The zero-order chi connectivity index (χ0) is 16.5. The number of allylic oxidation sites excluding steroid dienone is 2. The normalized spacial score (nSPS) is 26.4. The minimum absolute atomic E-state index is 0.0481. The fourth-order valence-electron chi connectivity index (χ4n) is 3.48. The maximum atomic E-state index is 10.2. The topological polar surface area (TPSA) is 60.2 Å². The summed E-state index contributed by atoms with van der Waals surface area (Å²) < 4.78 is 0. The van der Waals surface area contributed by atoms with E-state index in [1.54, 1.807) is 6.07 Å². The molecule has 124 valence electrons. The van der Waals surface area contributed by atoms with E-state index in [1.807, 2.05) is 18.2 Å². The summed E-state index contributed by atoms with van der Waals surface area (Å²) in [5.74, 6) is 2.10. The molecule has 5 heteroatoms. The molecule has 0 spiro atoms. The number of para-hydroxylation sites is 1. The third-order valence-electron chi connectivity index (χ3n) is 4.74. The first-order valence-corrected chi connectivity index (χ1v) is 8.49. The monoisotopic (exact) mass is 322 g/mol. The predicted molar refractivity (Wildman–Crippen MR) is 96.7 cm³/mol. The van der Waals surface area contributed by atoms with Gasteiger partial charge in [-0.3, -0.25) is 4.99 Å². The fourth-order valence-corrected chi connectivity index (χ4v) is 3.48. The van der Waals surface area contributed by atoms with Gasteiger partial charge in [-0.25, -0.2) is 4.99 Å². The number of phenolic OH excluding ortho intramolecular Hbond substituents is 1. The van der Waals surface area contributed by atoms with Crippen LogP contribution in [0.3, 0.4) is 0 Å². The van der Waals surface area contributed by atoms with E-state index in [2.05, 4.69) is 35.4 Å². The number of rotatable bonds is 1. The molecule has 1 aromatic carbocycles. The average molecular weight is 322 g/mol. The molecule has 2 heterocycles. The Labute approximate surface area is 142 Å². The van der Waals surface area contributed by atoms with Crippen LogP contribution in [0.4, 0.5) is 0 Å². The molecule has 2 N–H and O–H groups in total. The Kier molecular flexibility index (Phi) is 3.94. The lowest BCUT2D eigenvalue weighted by atomic mass is 9.89. The van der Waals surface area contributed by atoms with Crippen LogP contribution in [0.1, 0.15) is 12.5 Å². The lowest BCUT2D eigenvalue weighted by Gasteiger charge is -2.37.